The average molecular weight is 465 g/mol. The minimum atomic E-state index is -0.792. The molecule has 1 heterocycles. The molecule has 0 radical (unpaired) electrons. The van der Waals surface area contributed by atoms with Gasteiger partial charge < -0.3 is 18.8 Å². The summed E-state index contributed by atoms with van der Waals surface area (Å²) in [7, 11) is 0. The van der Waals surface area contributed by atoms with Crippen LogP contribution in [0.25, 0.3) is 5.69 Å². The van der Waals surface area contributed by atoms with E-state index in [1.54, 1.807) is 45.0 Å². The minimum Gasteiger partial charge on any atom is -0.459 e. The lowest BCUT2D eigenvalue weighted by molar-refractivity contribution is -0.147. The summed E-state index contributed by atoms with van der Waals surface area (Å²) in [5.41, 5.74) is 1.34. The summed E-state index contributed by atoms with van der Waals surface area (Å²) in [4.78, 5) is 38.4. The van der Waals surface area contributed by atoms with Crippen molar-refractivity contribution in [3.63, 3.8) is 0 Å². The van der Waals surface area contributed by atoms with Crippen LogP contribution in [0.1, 0.15) is 36.7 Å². The lowest BCUT2D eigenvalue weighted by atomic mass is 10.1. The lowest BCUT2D eigenvalue weighted by Gasteiger charge is -2.33. The van der Waals surface area contributed by atoms with Gasteiger partial charge in [-0.3, -0.25) is 9.69 Å². The molecule has 0 saturated carbocycles. The third-order valence-corrected chi connectivity index (χ3v) is 4.94. The third kappa shape index (κ3) is 6.96. The predicted octanol–water partition coefficient (Wildman–Crippen LogP) is 4.57. The largest absolute Gasteiger partial charge is 0.459 e. The molecule has 0 spiro atoms. The van der Waals surface area contributed by atoms with Crippen molar-refractivity contribution >= 4 is 18.0 Å². The number of carbonyl (C=O) groups excluding carboxylic acids is 3. The second-order valence-electron chi connectivity index (χ2n) is 8.50. The van der Waals surface area contributed by atoms with Crippen molar-refractivity contribution in [1.82, 2.24) is 9.47 Å². The molecule has 8 heteroatoms. The Labute approximate surface area is 198 Å². The van der Waals surface area contributed by atoms with E-state index in [1.165, 1.54) is 4.90 Å². The Morgan fingerprint density at radius 3 is 2.09 bits per heavy atom. The molecule has 0 aliphatic rings. The zero-order chi connectivity index (χ0) is 24.6. The quantitative estimate of drug-likeness (QED) is 0.358. The molecule has 0 aliphatic heterocycles. The van der Waals surface area contributed by atoms with Crippen LogP contribution in [-0.2, 0) is 25.6 Å². The van der Waals surface area contributed by atoms with Crippen molar-refractivity contribution in [3.05, 3.63) is 90.3 Å². The van der Waals surface area contributed by atoms with Gasteiger partial charge in [0.15, 0.2) is 0 Å². The predicted molar refractivity (Wildman–Crippen MR) is 125 cm³/mol. The van der Waals surface area contributed by atoms with Crippen molar-refractivity contribution in [2.24, 2.45) is 0 Å². The number of rotatable bonds is 8. The van der Waals surface area contributed by atoms with Gasteiger partial charge in [-0.25, -0.2) is 9.59 Å². The first-order valence-electron chi connectivity index (χ1n) is 10.8. The third-order valence-electron chi connectivity index (χ3n) is 4.94. The van der Waals surface area contributed by atoms with Crippen molar-refractivity contribution in [3.8, 4) is 5.69 Å². The molecule has 8 nitrogen and oxygen atoms in total. The molecule has 0 fully saturated rings. The van der Waals surface area contributed by atoms with Crippen LogP contribution in [0.15, 0.2) is 79.1 Å². The summed E-state index contributed by atoms with van der Waals surface area (Å²) < 4.78 is 17.3. The molecule has 2 aromatic carbocycles. The fraction of sp³-hybridized carbons (Fsp3) is 0.269. The van der Waals surface area contributed by atoms with Gasteiger partial charge in [0.1, 0.15) is 13.2 Å². The van der Waals surface area contributed by atoms with Crippen LogP contribution in [0.5, 0.6) is 0 Å². The van der Waals surface area contributed by atoms with Crippen LogP contribution in [0.3, 0.4) is 0 Å². The topological polar surface area (TPSA) is 87.1 Å². The molecule has 1 amide bonds. The molecule has 1 aromatic heterocycles. The number of hydrogen-bond acceptors (Lipinski definition) is 6. The molecule has 0 bridgehead atoms. The van der Waals surface area contributed by atoms with Gasteiger partial charge in [0.05, 0.1) is 5.56 Å². The highest BCUT2D eigenvalue weighted by Gasteiger charge is 2.30. The standard InChI is InChI=1S/C26H28N2O6/c1-26(2,3)28(17-23(29)32-18-20-9-5-4-6-10-20)25(31)34-19-33-24(30)21-11-13-22(14-12-21)27-15-7-8-16-27/h4-16H,17-19H2,1-3H3. The van der Waals surface area contributed by atoms with Gasteiger partial charge in [-0.15, -0.1) is 0 Å². The normalized spacial score (nSPS) is 10.9. The summed E-state index contributed by atoms with van der Waals surface area (Å²) in [6.07, 6.45) is 3.00. The first kappa shape index (κ1) is 24.6. The van der Waals surface area contributed by atoms with Gasteiger partial charge in [0.2, 0.25) is 6.79 Å². The fourth-order valence-corrected chi connectivity index (χ4v) is 3.06. The summed E-state index contributed by atoms with van der Waals surface area (Å²) in [5.74, 6) is -1.20. The molecule has 0 N–H and O–H groups in total. The van der Waals surface area contributed by atoms with Crippen LogP contribution in [0, 0.1) is 0 Å². The molecule has 34 heavy (non-hydrogen) atoms. The Kier molecular flexibility index (Phi) is 8.08. The van der Waals surface area contributed by atoms with Gasteiger partial charge in [-0.2, -0.15) is 0 Å². The van der Waals surface area contributed by atoms with E-state index in [0.29, 0.717) is 5.56 Å². The SMILES string of the molecule is CC(C)(C)N(CC(=O)OCc1ccccc1)C(=O)OCOC(=O)c1ccc(-n2cccc2)cc1. The second-order valence-corrected chi connectivity index (χ2v) is 8.50. The number of nitrogens with zero attached hydrogens (tertiary/aromatic N) is 2. The van der Waals surface area contributed by atoms with E-state index in [9.17, 15) is 14.4 Å². The smallest absolute Gasteiger partial charge is 0.413 e. The van der Waals surface area contributed by atoms with Gasteiger partial charge in [-0.05, 0) is 62.7 Å². The molecule has 3 aromatic rings. The Balaban J connectivity index is 1.49. The molecular weight excluding hydrogens is 436 g/mol. The summed E-state index contributed by atoms with van der Waals surface area (Å²) in [6, 6.07) is 19.9. The van der Waals surface area contributed by atoms with E-state index < -0.39 is 30.4 Å². The summed E-state index contributed by atoms with van der Waals surface area (Å²) >= 11 is 0. The van der Waals surface area contributed by atoms with E-state index in [2.05, 4.69) is 0 Å². The van der Waals surface area contributed by atoms with E-state index >= 15 is 0 Å². The van der Waals surface area contributed by atoms with Crippen molar-refractivity contribution in [2.45, 2.75) is 32.9 Å². The lowest BCUT2D eigenvalue weighted by Crippen LogP contribution is -2.49. The molecule has 0 atom stereocenters. The summed E-state index contributed by atoms with van der Waals surface area (Å²) in [5, 5.41) is 0. The summed E-state index contributed by atoms with van der Waals surface area (Å²) in [6.45, 7) is 4.51. The molecular formula is C26H28N2O6. The minimum absolute atomic E-state index is 0.105. The second kappa shape index (κ2) is 11.2. The Morgan fingerprint density at radius 1 is 0.824 bits per heavy atom. The number of esters is 2. The van der Waals surface area contributed by atoms with Crippen LogP contribution in [-0.4, -0.2) is 46.4 Å². The van der Waals surface area contributed by atoms with Crippen molar-refractivity contribution in [1.29, 1.82) is 0 Å². The maximum absolute atomic E-state index is 12.6. The van der Waals surface area contributed by atoms with Crippen molar-refractivity contribution < 1.29 is 28.6 Å². The first-order valence-corrected chi connectivity index (χ1v) is 10.8. The number of benzene rings is 2. The maximum Gasteiger partial charge on any atom is 0.413 e. The van der Waals surface area contributed by atoms with Gasteiger partial charge >= 0.3 is 18.0 Å². The number of amides is 1. The van der Waals surface area contributed by atoms with Gasteiger partial charge in [-0.1, -0.05) is 30.3 Å². The van der Waals surface area contributed by atoms with Gasteiger partial charge in [0.25, 0.3) is 0 Å². The number of carbonyl (C=O) groups is 3. The zero-order valence-corrected chi connectivity index (χ0v) is 19.5. The highest BCUT2D eigenvalue weighted by atomic mass is 16.7. The molecule has 0 saturated heterocycles. The highest BCUT2D eigenvalue weighted by Crippen LogP contribution is 2.16. The van der Waals surface area contributed by atoms with Crippen LogP contribution in [0.2, 0.25) is 0 Å². The first-order chi connectivity index (χ1) is 16.2. The maximum atomic E-state index is 12.6. The molecule has 0 unspecified atom stereocenters. The highest BCUT2D eigenvalue weighted by molar-refractivity contribution is 5.89. The van der Waals surface area contributed by atoms with Gasteiger partial charge in [0, 0.05) is 23.6 Å². The Morgan fingerprint density at radius 2 is 1.47 bits per heavy atom. The Bertz CT molecular complexity index is 1090. The number of hydrogen-bond donors (Lipinski definition) is 0. The average Bonchev–Trinajstić information content (AvgIpc) is 3.36. The monoisotopic (exact) mass is 464 g/mol. The molecule has 178 valence electrons. The number of aromatic nitrogens is 1. The van der Waals surface area contributed by atoms with E-state index in [4.69, 9.17) is 14.2 Å². The van der Waals surface area contributed by atoms with Crippen LogP contribution >= 0.6 is 0 Å². The van der Waals surface area contributed by atoms with E-state index in [-0.39, 0.29) is 13.2 Å². The van der Waals surface area contributed by atoms with Crippen molar-refractivity contribution in [2.75, 3.05) is 13.3 Å². The molecule has 0 aliphatic carbocycles. The number of ether oxygens (including phenoxy) is 3. The van der Waals surface area contributed by atoms with Crippen LogP contribution < -0.4 is 0 Å². The fourth-order valence-electron chi connectivity index (χ4n) is 3.06. The van der Waals surface area contributed by atoms with E-state index in [1.807, 2.05) is 59.4 Å². The van der Waals surface area contributed by atoms with E-state index in [0.717, 1.165) is 11.3 Å². The van der Waals surface area contributed by atoms with Crippen LogP contribution in [0.4, 0.5) is 4.79 Å². The molecule has 3 rings (SSSR count). The zero-order valence-electron chi connectivity index (χ0n) is 19.5. The Hall–Kier alpha value is -4.07.